The van der Waals surface area contributed by atoms with Crippen molar-refractivity contribution < 1.29 is 17.6 Å². The van der Waals surface area contributed by atoms with Crippen molar-refractivity contribution in [3.05, 3.63) is 65.5 Å². The van der Waals surface area contributed by atoms with E-state index in [1.165, 1.54) is 16.4 Å². The third-order valence-electron chi connectivity index (χ3n) is 5.64. The van der Waals surface area contributed by atoms with Crippen molar-refractivity contribution in [3.63, 3.8) is 0 Å². The molecule has 2 heterocycles. The highest BCUT2D eigenvalue weighted by molar-refractivity contribution is 8.00. The molecule has 1 spiro atoms. The molecule has 29 heavy (non-hydrogen) atoms. The Hall–Kier alpha value is -1.90. The molecule has 154 valence electrons. The number of carbonyl (C=O) groups is 1. The van der Waals surface area contributed by atoms with Crippen LogP contribution < -0.4 is 0 Å². The molecular formula is C21H23FN2O3S2. The summed E-state index contributed by atoms with van der Waals surface area (Å²) in [6.45, 7) is 3.31. The van der Waals surface area contributed by atoms with Crippen LogP contribution in [0.3, 0.4) is 0 Å². The number of thioether (sulfide) groups is 1. The molecule has 0 aromatic heterocycles. The zero-order valence-corrected chi connectivity index (χ0v) is 17.8. The number of hydrogen-bond donors (Lipinski definition) is 0. The van der Waals surface area contributed by atoms with E-state index in [0.29, 0.717) is 38.0 Å². The molecule has 2 aliphatic rings. The first-order valence-electron chi connectivity index (χ1n) is 9.60. The number of halogens is 1. The zero-order valence-electron chi connectivity index (χ0n) is 16.2. The molecule has 2 aliphatic heterocycles. The quantitative estimate of drug-likeness (QED) is 0.742. The van der Waals surface area contributed by atoms with E-state index in [-0.39, 0.29) is 15.7 Å². The van der Waals surface area contributed by atoms with Gasteiger partial charge in [0, 0.05) is 31.0 Å². The van der Waals surface area contributed by atoms with Crippen LogP contribution in [0.1, 0.15) is 28.8 Å². The first-order valence-corrected chi connectivity index (χ1v) is 12.0. The van der Waals surface area contributed by atoms with Gasteiger partial charge in [-0.15, -0.1) is 11.8 Å². The van der Waals surface area contributed by atoms with Gasteiger partial charge in [-0.05, 0) is 56.2 Å². The van der Waals surface area contributed by atoms with Gasteiger partial charge in [-0.1, -0.05) is 17.7 Å². The van der Waals surface area contributed by atoms with Crippen molar-refractivity contribution in [3.8, 4) is 0 Å². The van der Waals surface area contributed by atoms with Crippen molar-refractivity contribution >= 4 is 27.7 Å². The minimum absolute atomic E-state index is 0.00791. The van der Waals surface area contributed by atoms with Crippen LogP contribution in [0, 0.1) is 12.7 Å². The molecule has 5 nitrogen and oxygen atoms in total. The third-order valence-corrected chi connectivity index (χ3v) is 9.11. The third kappa shape index (κ3) is 3.81. The van der Waals surface area contributed by atoms with Crippen LogP contribution in [-0.4, -0.2) is 53.8 Å². The van der Waals surface area contributed by atoms with Gasteiger partial charge in [0.05, 0.1) is 9.77 Å². The normalized spacial score (nSPS) is 19.6. The first-order chi connectivity index (χ1) is 13.8. The van der Waals surface area contributed by atoms with Crippen LogP contribution in [0.4, 0.5) is 4.39 Å². The second kappa shape index (κ2) is 7.74. The Morgan fingerprint density at radius 1 is 1.07 bits per heavy atom. The first kappa shape index (κ1) is 20.4. The standard InChI is InChI=1S/C21H23FN2O3S2/c1-16-3-2-4-17(15-16)20(25)24-13-14-28-21(24)9-11-23(12-10-21)29(26,27)19-7-5-18(22)6-8-19/h2-8,15H,9-14H2,1H3. The summed E-state index contributed by atoms with van der Waals surface area (Å²) >= 11 is 1.75. The molecule has 2 saturated heterocycles. The van der Waals surface area contributed by atoms with E-state index in [9.17, 15) is 17.6 Å². The van der Waals surface area contributed by atoms with E-state index in [2.05, 4.69) is 0 Å². The molecule has 2 aromatic rings. The number of sulfonamides is 1. The number of carbonyl (C=O) groups excluding carboxylic acids is 1. The van der Waals surface area contributed by atoms with Gasteiger partial charge in [0.1, 0.15) is 5.82 Å². The summed E-state index contributed by atoms with van der Waals surface area (Å²) in [4.78, 5) is 14.8. The lowest BCUT2D eigenvalue weighted by Gasteiger charge is -2.43. The van der Waals surface area contributed by atoms with Gasteiger partial charge < -0.3 is 4.90 Å². The monoisotopic (exact) mass is 434 g/mol. The largest absolute Gasteiger partial charge is 0.323 e. The lowest BCUT2D eigenvalue weighted by atomic mass is 10.0. The minimum Gasteiger partial charge on any atom is -0.323 e. The molecule has 0 saturated carbocycles. The molecule has 0 unspecified atom stereocenters. The number of nitrogens with zero attached hydrogens (tertiary/aromatic N) is 2. The van der Waals surface area contributed by atoms with Gasteiger partial charge in [-0.25, -0.2) is 12.8 Å². The Kier molecular flexibility index (Phi) is 5.44. The van der Waals surface area contributed by atoms with E-state index >= 15 is 0 Å². The second-order valence-corrected chi connectivity index (χ2v) is 10.9. The Labute approximate surface area is 174 Å². The molecular weight excluding hydrogens is 411 g/mol. The fourth-order valence-corrected chi connectivity index (χ4v) is 6.97. The van der Waals surface area contributed by atoms with Gasteiger partial charge in [0.15, 0.2) is 0 Å². The van der Waals surface area contributed by atoms with Crippen LogP contribution in [-0.2, 0) is 10.0 Å². The van der Waals surface area contributed by atoms with E-state index in [0.717, 1.165) is 23.4 Å². The maximum Gasteiger partial charge on any atom is 0.255 e. The molecule has 0 atom stereocenters. The van der Waals surface area contributed by atoms with E-state index in [4.69, 9.17) is 0 Å². The number of aryl methyl sites for hydroxylation is 1. The minimum atomic E-state index is -3.67. The highest BCUT2D eigenvalue weighted by Crippen LogP contribution is 2.45. The highest BCUT2D eigenvalue weighted by Gasteiger charge is 2.48. The van der Waals surface area contributed by atoms with Crippen LogP contribution in [0.5, 0.6) is 0 Å². The van der Waals surface area contributed by atoms with E-state index < -0.39 is 15.8 Å². The molecule has 4 rings (SSSR count). The van der Waals surface area contributed by atoms with Crippen molar-refractivity contribution in [2.45, 2.75) is 29.5 Å². The van der Waals surface area contributed by atoms with Crippen LogP contribution >= 0.6 is 11.8 Å². The summed E-state index contributed by atoms with van der Waals surface area (Å²) in [5.74, 6) is 0.394. The van der Waals surface area contributed by atoms with Gasteiger partial charge in [0.25, 0.3) is 5.91 Å². The maximum absolute atomic E-state index is 13.2. The Bertz CT molecular complexity index is 1020. The molecule has 0 N–H and O–H groups in total. The number of hydrogen-bond acceptors (Lipinski definition) is 4. The van der Waals surface area contributed by atoms with Crippen molar-refractivity contribution in [1.29, 1.82) is 0 Å². The number of rotatable bonds is 3. The zero-order chi connectivity index (χ0) is 20.6. The summed E-state index contributed by atoms with van der Waals surface area (Å²) < 4.78 is 40.4. The lowest BCUT2D eigenvalue weighted by molar-refractivity contribution is 0.0605. The van der Waals surface area contributed by atoms with E-state index in [1.807, 2.05) is 36.1 Å². The predicted molar refractivity (Wildman–Crippen MR) is 112 cm³/mol. The smallest absolute Gasteiger partial charge is 0.255 e. The fourth-order valence-electron chi connectivity index (χ4n) is 4.07. The molecule has 8 heteroatoms. The van der Waals surface area contributed by atoms with Crippen LogP contribution in [0.25, 0.3) is 0 Å². The van der Waals surface area contributed by atoms with Gasteiger partial charge in [-0.2, -0.15) is 4.31 Å². The average molecular weight is 435 g/mol. The summed E-state index contributed by atoms with van der Waals surface area (Å²) in [6, 6.07) is 12.5. The molecule has 1 amide bonds. The molecule has 0 radical (unpaired) electrons. The topological polar surface area (TPSA) is 57.7 Å². The highest BCUT2D eigenvalue weighted by atomic mass is 32.2. The van der Waals surface area contributed by atoms with Gasteiger partial charge in [-0.3, -0.25) is 4.79 Å². The second-order valence-electron chi connectivity index (χ2n) is 7.48. The molecule has 0 bridgehead atoms. The number of benzene rings is 2. The van der Waals surface area contributed by atoms with Crippen LogP contribution in [0.2, 0.25) is 0 Å². The van der Waals surface area contributed by atoms with Gasteiger partial charge >= 0.3 is 0 Å². The maximum atomic E-state index is 13.2. The van der Waals surface area contributed by atoms with Gasteiger partial charge in [0.2, 0.25) is 10.0 Å². The Morgan fingerprint density at radius 3 is 2.41 bits per heavy atom. The number of piperidine rings is 1. The van der Waals surface area contributed by atoms with Crippen LogP contribution in [0.15, 0.2) is 53.4 Å². The molecule has 0 aliphatic carbocycles. The van der Waals surface area contributed by atoms with Crippen molar-refractivity contribution in [1.82, 2.24) is 9.21 Å². The SMILES string of the molecule is Cc1cccc(C(=O)N2CCSC23CCN(S(=O)(=O)c2ccc(F)cc2)CC3)c1. The van der Waals surface area contributed by atoms with E-state index in [1.54, 1.807) is 11.8 Å². The molecule has 2 aromatic carbocycles. The summed E-state index contributed by atoms with van der Waals surface area (Å²) in [5.41, 5.74) is 1.71. The summed E-state index contributed by atoms with van der Waals surface area (Å²) in [5, 5.41) is 0. The number of amides is 1. The summed E-state index contributed by atoms with van der Waals surface area (Å²) in [6.07, 6.45) is 1.16. The molecule has 2 fully saturated rings. The lowest BCUT2D eigenvalue weighted by Crippen LogP contribution is -2.53. The Balaban J connectivity index is 1.51. The summed E-state index contributed by atoms with van der Waals surface area (Å²) in [7, 11) is -3.67. The average Bonchev–Trinajstić information content (AvgIpc) is 3.11. The fraction of sp³-hybridized carbons (Fsp3) is 0.381. The predicted octanol–water partition coefficient (Wildman–Crippen LogP) is 3.50. The Morgan fingerprint density at radius 2 is 1.76 bits per heavy atom. The van der Waals surface area contributed by atoms with Crippen molar-refractivity contribution in [2.75, 3.05) is 25.4 Å². The van der Waals surface area contributed by atoms with Crippen molar-refractivity contribution in [2.24, 2.45) is 0 Å².